The van der Waals surface area contributed by atoms with E-state index < -0.39 is 0 Å². The van der Waals surface area contributed by atoms with Crippen molar-refractivity contribution in [2.75, 3.05) is 33.2 Å². The number of rotatable bonds is 4. The van der Waals surface area contributed by atoms with Gasteiger partial charge in [0.25, 0.3) is 0 Å². The zero-order chi connectivity index (χ0) is 13.3. The van der Waals surface area contributed by atoms with Gasteiger partial charge in [-0.05, 0) is 46.2 Å². The predicted molar refractivity (Wildman–Crippen MR) is 77.9 cm³/mol. The summed E-state index contributed by atoms with van der Waals surface area (Å²) in [6, 6.07) is 1.46. The van der Waals surface area contributed by atoms with Gasteiger partial charge in [0.15, 0.2) is 0 Å². The highest BCUT2D eigenvalue weighted by Crippen LogP contribution is 2.34. The Morgan fingerprint density at radius 3 is 2.44 bits per heavy atom. The van der Waals surface area contributed by atoms with Crippen molar-refractivity contribution in [3.63, 3.8) is 0 Å². The van der Waals surface area contributed by atoms with E-state index >= 15 is 0 Å². The summed E-state index contributed by atoms with van der Waals surface area (Å²) in [7, 11) is 2.26. The average Bonchev–Trinajstić information content (AvgIpc) is 2.21. The molecule has 2 atom stereocenters. The van der Waals surface area contributed by atoms with E-state index in [0.717, 1.165) is 12.0 Å². The molecule has 0 amide bonds. The number of likely N-dealkylation sites (N-methyl/N-ethyl adjacent to an activating group) is 1. The maximum Gasteiger partial charge on any atom is 0.0277 e. The second-order valence-electron chi connectivity index (χ2n) is 7.17. The summed E-state index contributed by atoms with van der Waals surface area (Å²) in [5.41, 5.74) is 0.337. The van der Waals surface area contributed by atoms with Crippen LogP contribution in [-0.4, -0.2) is 60.6 Å². The zero-order valence-electron chi connectivity index (χ0n) is 12.9. The van der Waals surface area contributed by atoms with E-state index in [0.29, 0.717) is 11.6 Å². The molecule has 2 aliphatic rings. The van der Waals surface area contributed by atoms with E-state index in [2.05, 4.69) is 49.9 Å². The summed E-state index contributed by atoms with van der Waals surface area (Å²) < 4.78 is 0. The summed E-state index contributed by atoms with van der Waals surface area (Å²) in [4.78, 5) is 5.25. The second-order valence-corrected chi connectivity index (χ2v) is 7.17. The molecule has 3 nitrogen and oxygen atoms in total. The Balaban J connectivity index is 1.85. The molecule has 2 fully saturated rings. The van der Waals surface area contributed by atoms with Crippen LogP contribution in [0.3, 0.4) is 0 Å². The van der Waals surface area contributed by atoms with Gasteiger partial charge in [0.2, 0.25) is 0 Å². The fourth-order valence-corrected chi connectivity index (χ4v) is 3.22. The molecule has 2 unspecified atom stereocenters. The highest BCUT2D eigenvalue weighted by Gasteiger charge is 2.40. The fraction of sp³-hybridized carbons (Fsp3) is 1.00. The maximum atomic E-state index is 3.61. The first kappa shape index (κ1) is 14.3. The first-order valence-electron chi connectivity index (χ1n) is 7.59. The fourth-order valence-electron chi connectivity index (χ4n) is 3.22. The lowest BCUT2D eigenvalue weighted by atomic mass is 9.77. The van der Waals surface area contributed by atoms with Crippen LogP contribution >= 0.6 is 0 Å². The van der Waals surface area contributed by atoms with Crippen LogP contribution in [-0.2, 0) is 0 Å². The van der Waals surface area contributed by atoms with Gasteiger partial charge in [0, 0.05) is 37.3 Å². The Morgan fingerprint density at radius 1 is 1.22 bits per heavy atom. The van der Waals surface area contributed by atoms with Gasteiger partial charge in [-0.3, -0.25) is 9.80 Å². The van der Waals surface area contributed by atoms with Crippen LogP contribution in [0.25, 0.3) is 0 Å². The molecule has 0 aromatic rings. The van der Waals surface area contributed by atoms with E-state index in [-0.39, 0.29) is 0 Å². The topological polar surface area (TPSA) is 18.5 Å². The van der Waals surface area contributed by atoms with Gasteiger partial charge < -0.3 is 5.32 Å². The number of nitrogens with one attached hydrogen (secondary N) is 1. The lowest BCUT2D eigenvalue weighted by molar-refractivity contribution is -0.0276. The Bertz CT molecular complexity index is 275. The van der Waals surface area contributed by atoms with Crippen LogP contribution in [0.5, 0.6) is 0 Å². The average molecular weight is 253 g/mol. The summed E-state index contributed by atoms with van der Waals surface area (Å²) >= 11 is 0. The Kier molecular flexibility index (Phi) is 4.35. The minimum absolute atomic E-state index is 0.337. The minimum atomic E-state index is 0.337. The molecule has 18 heavy (non-hydrogen) atoms. The quantitative estimate of drug-likeness (QED) is 0.824. The van der Waals surface area contributed by atoms with Crippen molar-refractivity contribution in [2.24, 2.45) is 5.92 Å². The number of nitrogens with zero attached hydrogens (tertiary/aromatic N) is 2. The Morgan fingerprint density at radius 2 is 1.94 bits per heavy atom. The third kappa shape index (κ3) is 3.06. The number of piperazine rings is 1. The third-order valence-electron chi connectivity index (χ3n) is 4.98. The van der Waals surface area contributed by atoms with Crippen molar-refractivity contribution in [3.8, 4) is 0 Å². The molecule has 0 aromatic carbocycles. The first-order valence-corrected chi connectivity index (χ1v) is 7.59. The van der Waals surface area contributed by atoms with E-state index in [1.807, 2.05) is 0 Å². The highest BCUT2D eigenvalue weighted by atomic mass is 15.3. The summed E-state index contributed by atoms with van der Waals surface area (Å²) in [6.07, 6.45) is 2.82. The minimum Gasteiger partial charge on any atom is -0.314 e. The SMILES string of the molecule is CC(C)NCC1CCC1N1CCN(C)C(C)(C)C1. The molecule has 1 heterocycles. The molecule has 106 valence electrons. The largest absolute Gasteiger partial charge is 0.314 e. The molecule has 1 saturated heterocycles. The van der Waals surface area contributed by atoms with Crippen molar-refractivity contribution in [1.29, 1.82) is 0 Å². The number of hydrogen-bond acceptors (Lipinski definition) is 3. The van der Waals surface area contributed by atoms with Crippen molar-refractivity contribution in [1.82, 2.24) is 15.1 Å². The van der Waals surface area contributed by atoms with Gasteiger partial charge in [0.05, 0.1) is 0 Å². The lowest BCUT2D eigenvalue weighted by Crippen LogP contribution is -2.63. The van der Waals surface area contributed by atoms with Gasteiger partial charge in [-0.2, -0.15) is 0 Å². The monoisotopic (exact) mass is 253 g/mol. The summed E-state index contributed by atoms with van der Waals surface area (Å²) in [5, 5.41) is 3.61. The predicted octanol–water partition coefficient (Wildman–Crippen LogP) is 1.79. The molecule has 2 rings (SSSR count). The van der Waals surface area contributed by atoms with Crippen LogP contribution in [0, 0.1) is 5.92 Å². The van der Waals surface area contributed by atoms with Crippen LogP contribution in [0.2, 0.25) is 0 Å². The molecule has 0 bridgehead atoms. The van der Waals surface area contributed by atoms with Crippen LogP contribution < -0.4 is 5.32 Å². The molecule has 0 radical (unpaired) electrons. The van der Waals surface area contributed by atoms with Gasteiger partial charge in [-0.15, -0.1) is 0 Å². The zero-order valence-corrected chi connectivity index (χ0v) is 12.9. The molecule has 1 aliphatic carbocycles. The van der Waals surface area contributed by atoms with E-state index in [9.17, 15) is 0 Å². The normalized spacial score (nSPS) is 33.7. The first-order chi connectivity index (χ1) is 8.40. The van der Waals surface area contributed by atoms with Crippen LogP contribution in [0.15, 0.2) is 0 Å². The maximum absolute atomic E-state index is 3.61. The third-order valence-corrected chi connectivity index (χ3v) is 4.98. The summed E-state index contributed by atoms with van der Waals surface area (Å²) in [6.45, 7) is 14.1. The van der Waals surface area contributed by atoms with E-state index in [4.69, 9.17) is 0 Å². The van der Waals surface area contributed by atoms with E-state index in [1.54, 1.807) is 0 Å². The molecule has 0 aromatic heterocycles. The van der Waals surface area contributed by atoms with Crippen molar-refractivity contribution < 1.29 is 0 Å². The smallest absolute Gasteiger partial charge is 0.0277 e. The molecule has 1 aliphatic heterocycles. The van der Waals surface area contributed by atoms with Gasteiger partial charge in [-0.1, -0.05) is 13.8 Å². The van der Waals surface area contributed by atoms with Gasteiger partial charge in [0.1, 0.15) is 0 Å². The molecule has 0 spiro atoms. The van der Waals surface area contributed by atoms with Gasteiger partial charge >= 0.3 is 0 Å². The van der Waals surface area contributed by atoms with E-state index in [1.165, 1.54) is 39.0 Å². The number of hydrogen-bond donors (Lipinski definition) is 1. The van der Waals surface area contributed by atoms with Gasteiger partial charge in [-0.25, -0.2) is 0 Å². The Labute approximate surface area is 113 Å². The van der Waals surface area contributed by atoms with Crippen LogP contribution in [0.1, 0.15) is 40.5 Å². The van der Waals surface area contributed by atoms with Crippen molar-refractivity contribution in [3.05, 3.63) is 0 Å². The molecular weight excluding hydrogens is 222 g/mol. The highest BCUT2D eigenvalue weighted by molar-refractivity contribution is 4.96. The summed E-state index contributed by atoms with van der Waals surface area (Å²) in [5.74, 6) is 0.881. The molecule has 3 heteroatoms. The van der Waals surface area contributed by atoms with Crippen LogP contribution in [0.4, 0.5) is 0 Å². The molecular formula is C15H31N3. The van der Waals surface area contributed by atoms with Crippen molar-refractivity contribution >= 4 is 0 Å². The second kappa shape index (κ2) is 5.48. The lowest BCUT2D eigenvalue weighted by Gasteiger charge is -2.52. The molecule has 1 saturated carbocycles. The van der Waals surface area contributed by atoms with Crippen molar-refractivity contribution in [2.45, 2.75) is 58.2 Å². The standard InChI is InChI=1S/C15H31N3/c1-12(2)16-10-13-6-7-14(13)18-9-8-17(5)15(3,4)11-18/h12-14,16H,6-11H2,1-5H3. The Hall–Kier alpha value is -0.120. The molecule has 1 N–H and O–H groups in total.